The predicted molar refractivity (Wildman–Crippen MR) is 68.5 cm³/mol. The van der Waals surface area contributed by atoms with Crippen LogP contribution in [0.25, 0.3) is 0 Å². The maximum atomic E-state index is 13.0. The van der Waals surface area contributed by atoms with E-state index in [2.05, 4.69) is 19.2 Å². The fourth-order valence-electron chi connectivity index (χ4n) is 2.14. The summed E-state index contributed by atoms with van der Waals surface area (Å²) in [5.74, 6) is -0.188. The smallest absolute Gasteiger partial charge is 0.123 e. The van der Waals surface area contributed by atoms with Crippen LogP contribution in [-0.4, -0.2) is 23.3 Å². The van der Waals surface area contributed by atoms with Crippen molar-refractivity contribution in [2.75, 3.05) is 0 Å². The minimum Gasteiger partial charge on any atom is -0.393 e. The lowest BCUT2D eigenvalue weighted by molar-refractivity contribution is 0.168. The summed E-state index contributed by atoms with van der Waals surface area (Å²) in [5.41, 5.74) is 0.995. The van der Waals surface area contributed by atoms with Crippen LogP contribution >= 0.6 is 0 Å². The molecule has 3 atom stereocenters. The molecule has 0 fully saturated rings. The Bertz CT molecular complexity index is 341. The van der Waals surface area contributed by atoms with Crippen molar-refractivity contribution in [2.24, 2.45) is 0 Å². The molecule has 2 nitrogen and oxygen atoms in total. The van der Waals surface area contributed by atoms with Crippen LogP contribution in [0.3, 0.4) is 0 Å². The molecule has 0 heterocycles. The lowest BCUT2D eigenvalue weighted by atomic mass is 10.1. The molecule has 96 valence electrons. The topological polar surface area (TPSA) is 32.3 Å². The lowest BCUT2D eigenvalue weighted by Crippen LogP contribution is -2.37. The van der Waals surface area contributed by atoms with Gasteiger partial charge in [0.15, 0.2) is 0 Å². The first kappa shape index (κ1) is 14.1. The number of benzene rings is 1. The van der Waals surface area contributed by atoms with Gasteiger partial charge in [0.25, 0.3) is 0 Å². The van der Waals surface area contributed by atoms with Gasteiger partial charge in [-0.15, -0.1) is 0 Å². The van der Waals surface area contributed by atoms with Crippen LogP contribution in [0.5, 0.6) is 0 Å². The van der Waals surface area contributed by atoms with Crippen molar-refractivity contribution in [2.45, 2.75) is 51.8 Å². The van der Waals surface area contributed by atoms with Crippen LogP contribution in [0.1, 0.15) is 32.8 Å². The molecule has 0 saturated carbocycles. The summed E-state index contributed by atoms with van der Waals surface area (Å²) in [4.78, 5) is 0. The molecule has 1 rings (SSSR count). The number of nitrogens with one attached hydrogen (secondary N) is 1. The Morgan fingerprint density at radius 1 is 1.24 bits per heavy atom. The number of halogens is 1. The number of aliphatic hydroxyl groups is 1. The molecule has 3 unspecified atom stereocenters. The van der Waals surface area contributed by atoms with Crippen molar-refractivity contribution >= 4 is 0 Å². The number of hydrogen-bond donors (Lipinski definition) is 2. The molecule has 2 N–H and O–H groups in total. The van der Waals surface area contributed by atoms with Crippen molar-refractivity contribution in [1.29, 1.82) is 0 Å². The molecular formula is C14H22FNO. The fourth-order valence-corrected chi connectivity index (χ4v) is 2.14. The third-order valence-corrected chi connectivity index (χ3v) is 2.69. The van der Waals surface area contributed by atoms with Gasteiger partial charge in [-0.25, -0.2) is 4.39 Å². The second kappa shape index (κ2) is 6.72. The van der Waals surface area contributed by atoms with E-state index < -0.39 is 0 Å². The highest BCUT2D eigenvalue weighted by atomic mass is 19.1. The Morgan fingerprint density at radius 3 is 2.53 bits per heavy atom. The minimum atomic E-state index is -0.293. The maximum absolute atomic E-state index is 13.0. The minimum absolute atomic E-state index is 0.188. The van der Waals surface area contributed by atoms with Crippen LogP contribution in [0.15, 0.2) is 24.3 Å². The molecule has 1 aromatic rings. The van der Waals surface area contributed by atoms with Crippen molar-refractivity contribution in [1.82, 2.24) is 5.32 Å². The summed E-state index contributed by atoms with van der Waals surface area (Å²) in [5, 5.41) is 12.7. The Balaban J connectivity index is 2.41. The van der Waals surface area contributed by atoms with Crippen molar-refractivity contribution in [3.63, 3.8) is 0 Å². The zero-order valence-corrected chi connectivity index (χ0v) is 10.8. The Morgan fingerprint density at radius 2 is 1.94 bits per heavy atom. The van der Waals surface area contributed by atoms with E-state index >= 15 is 0 Å². The Hall–Kier alpha value is -0.930. The van der Waals surface area contributed by atoms with Crippen molar-refractivity contribution < 1.29 is 9.50 Å². The summed E-state index contributed by atoms with van der Waals surface area (Å²) in [6.07, 6.45) is 1.23. The molecule has 1 aromatic carbocycles. The Kier molecular flexibility index (Phi) is 5.59. The predicted octanol–water partition coefficient (Wildman–Crippen LogP) is 2.51. The number of rotatable bonds is 6. The zero-order chi connectivity index (χ0) is 12.8. The largest absolute Gasteiger partial charge is 0.393 e. The van der Waals surface area contributed by atoms with Gasteiger partial charge in [0.1, 0.15) is 5.82 Å². The van der Waals surface area contributed by atoms with Gasteiger partial charge in [0, 0.05) is 12.1 Å². The molecule has 0 aliphatic carbocycles. The summed E-state index contributed by atoms with van der Waals surface area (Å²) >= 11 is 0. The van der Waals surface area contributed by atoms with Gasteiger partial charge in [-0.1, -0.05) is 12.1 Å². The summed E-state index contributed by atoms with van der Waals surface area (Å²) in [6, 6.07) is 7.22. The van der Waals surface area contributed by atoms with E-state index in [1.807, 2.05) is 6.07 Å². The van der Waals surface area contributed by atoms with Crippen LogP contribution in [0.4, 0.5) is 4.39 Å². The van der Waals surface area contributed by atoms with E-state index in [4.69, 9.17) is 0 Å². The number of hydrogen-bond acceptors (Lipinski definition) is 2. The van der Waals surface area contributed by atoms with E-state index in [1.54, 1.807) is 19.1 Å². The molecule has 0 amide bonds. The van der Waals surface area contributed by atoms with Gasteiger partial charge in [0.05, 0.1) is 6.10 Å². The van der Waals surface area contributed by atoms with Crippen LogP contribution in [-0.2, 0) is 6.42 Å². The average Bonchev–Trinajstić information content (AvgIpc) is 2.14. The standard InChI is InChI=1S/C14H22FNO/c1-10(7-12(3)17)16-11(2)8-13-5-4-6-14(15)9-13/h4-6,9-12,16-17H,7-8H2,1-3H3. The molecule has 17 heavy (non-hydrogen) atoms. The SMILES string of the molecule is CC(O)CC(C)NC(C)Cc1cccc(F)c1. The summed E-state index contributed by atoms with van der Waals surface area (Å²) in [7, 11) is 0. The third kappa shape index (κ3) is 5.80. The third-order valence-electron chi connectivity index (χ3n) is 2.69. The molecule has 0 saturated heterocycles. The van der Waals surface area contributed by atoms with Crippen LogP contribution < -0.4 is 5.32 Å². The number of aliphatic hydroxyl groups excluding tert-OH is 1. The normalized spacial score (nSPS) is 16.5. The van der Waals surface area contributed by atoms with Crippen molar-refractivity contribution in [3.8, 4) is 0 Å². The summed E-state index contributed by atoms with van der Waals surface area (Å²) in [6.45, 7) is 5.91. The summed E-state index contributed by atoms with van der Waals surface area (Å²) < 4.78 is 13.0. The van der Waals surface area contributed by atoms with Crippen LogP contribution in [0, 0.1) is 5.82 Å². The molecule has 0 bridgehead atoms. The maximum Gasteiger partial charge on any atom is 0.123 e. The van der Waals surface area contributed by atoms with Crippen molar-refractivity contribution in [3.05, 3.63) is 35.6 Å². The van der Waals surface area contributed by atoms with Crippen LogP contribution in [0.2, 0.25) is 0 Å². The highest BCUT2D eigenvalue weighted by Gasteiger charge is 2.10. The van der Waals surface area contributed by atoms with Gasteiger partial charge in [0.2, 0.25) is 0 Å². The van der Waals surface area contributed by atoms with E-state index in [1.165, 1.54) is 6.07 Å². The van der Waals surface area contributed by atoms with Gasteiger partial charge < -0.3 is 10.4 Å². The monoisotopic (exact) mass is 239 g/mol. The molecule has 0 aliphatic heterocycles. The molecule has 3 heteroatoms. The average molecular weight is 239 g/mol. The molecule has 0 spiro atoms. The second-order valence-electron chi connectivity index (χ2n) is 4.89. The Labute approximate surface area is 103 Å². The fraction of sp³-hybridized carbons (Fsp3) is 0.571. The second-order valence-corrected chi connectivity index (χ2v) is 4.89. The molecule has 0 radical (unpaired) electrons. The first-order valence-corrected chi connectivity index (χ1v) is 6.16. The molecular weight excluding hydrogens is 217 g/mol. The van der Waals surface area contributed by atoms with Gasteiger partial charge in [-0.05, 0) is 51.3 Å². The van der Waals surface area contributed by atoms with E-state index in [-0.39, 0.29) is 24.0 Å². The zero-order valence-electron chi connectivity index (χ0n) is 10.8. The first-order chi connectivity index (χ1) is 7.97. The van der Waals surface area contributed by atoms with E-state index in [0.29, 0.717) is 0 Å². The molecule has 0 aliphatic rings. The van der Waals surface area contributed by atoms with E-state index in [0.717, 1.165) is 18.4 Å². The quantitative estimate of drug-likeness (QED) is 0.799. The lowest BCUT2D eigenvalue weighted by Gasteiger charge is -2.21. The van der Waals surface area contributed by atoms with Gasteiger partial charge in [-0.2, -0.15) is 0 Å². The van der Waals surface area contributed by atoms with Gasteiger partial charge in [-0.3, -0.25) is 0 Å². The highest BCUT2D eigenvalue weighted by molar-refractivity contribution is 5.17. The van der Waals surface area contributed by atoms with Gasteiger partial charge >= 0.3 is 0 Å². The highest BCUT2D eigenvalue weighted by Crippen LogP contribution is 2.07. The van der Waals surface area contributed by atoms with E-state index in [9.17, 15) is 9.50 Å². The molecule has 0 aromatic heterocycles. The first-order valence-electron chi connectivity index (χ1n) is 6.16.